The van der Waals surface area contributed by atoms with Crippen LogP contribution in [0.4, 0.5) is 4.79 Å². The molecule has 132 valence electrons. The molecule has 23 heavy (non-hydrogen) atoms. The number of nitrogens with zero attached hydrogens (tertiary/aromatic N) is 1. The number of urea groups is 1. The molecule has 0 saturated carbocycles. The third-order valence-electron chi connectivity index (χ3n) is 3.76. The van der Waals surface area contributed by atoms with E-state index in [4.69, 9.17) is 0 Å². The number of hydrogen-bond acceptors (Lipinski definition) is 1. The van der Waals surface area contributed by atoms with Gasteiger partial charge in [-0.25, -0.2) is 4.79 Å². The van der Waals surface area contributed by atoms with E-state index in [0.717, 1.165) is 13.0 Å². The Kier molecular flexibility index (Phi) is 14.7. The monoisotopic (exact) mass is 341 g/mol. The first kappa shape index (κ1) is 21.7. The number of pyridine rings is 1. The van der Waals surface area contributed by atoms with Crippen molar-refractivity contribution >= 4 is 6.03 Å². The fourth-order valence-corrected chi connectivity index (χ4v) is 2.44. The maximum Gasteiger partial charge on any atom is 0.368 e. The van der Waals surface area contributed by atoms with Gasteiger partial charge in [0.1, 0.15) is 0 Å². The zero-order valence-electron chi connectivity index (χ0n) is 14.4. The summed E-state index contributed by atoms with van der Waals surface area (Å²) in [7, 11) is 0. The van der Waals surface area contributed by atoms with Crippen molar-refractivity contribution in [3.63, 3.8) is 0 Å². The molecule has 1 heterocycles. The first-order valence-corrected chi connectivity index (χ1v) is 8.84. The molecule has 1 aromatic rings. The molecule has 1 aromatic heterocycles. The first-order chi connectivity index (χ1) is 10.8. The number of carbonyl (C=O) groups is 1. The molecule has 0 aliphatic carbocycles. The Morgan fingerprint density at radius 3 is 1.91 bits per heavy atom. The lowest BCUT2D eigenvalue weighted by molar-refractivity contribution is -0.641. The first-order valence-electron chi connectivity index (χ1n) is 8.84. The van der Waals surface area contributed by atoms with Crippen LogP contribution in [0.25, 0.3) is 0 Å². The van der Waals surface area contributed by atoms with Crippen molar-refractivity contribution in [3.05, 3.63) is 30.6 Å². The molecule has 0 radical (unpaired) electrons. The standard InChI is InChI=1S/C18H31N3O.ClH/c1-2-3-4-5-6-7-8-9-10-12-15-19-18(22)20-21-16-13-11-14-17-21;/h11,13-14,16-17H,2-10,12,15H2,1H3,(H-,19,20,22);1H. The highest BCUT2D eigenvalue weighted by Gasteiger charge is 2.04. The summed E-state index contributed by atoms with van der Waals surface area (Å²) < 4.78 is 1.65. The highest BCUT2D eigenvalue weighted by Crippen LogP contribution is 2.10. The molecule has 0 saturated heterocycles. The molecule has 0 bridgehead atoms. The maximum atomic E-state index is 11.6. The Labute approximate surface area is 147 Å². The number of aromatic nitrogens is 1. The van der Waals surface area contributed by atoms with Gasteiger partial charge in [-0.2, -0.15) is 0 Å². The molecule has 0 fully saturated rings. The fourth-order valence-electron chi connectivity index (χ4n) is 2.44. The molecular formula is C18H32ClN3O. The van der Waals surface area contributed by atoms with Crippen LogP contribution in [0.2, 0.25) is 0 Å². The van der Waals surface area contributed by atoms with E-state index in [2.05, 4.69) is 17.7 Å². The third-order valence-corrected chi connectivity index (χ3v) is 3.76. The SMILES string of the molecule is CCCCCCCCCCCCNC(=O)N[n+]1ccccc1.[Cl-]. The van der Waals surface area contributed by atoms with Crippen LogP contribution in [0, 0.1) is 0 Å². The molecule has 2 amide bonds. The van der Waals surface area contributed by atoms with Gasteiger partial charge in [-0.15, -0.1) is 5.43 Å². The van der Waals surface area contributed by atoms with Crippen molar-refractivity contribution in [3.8, 4) is 0 Å². The van der Waals surface area contributed by atoms with Crippen LogP contribution in [0.5, 0.6) is 0 Å². The van der Waals surface area contributed by atoms with Crippen molar-refractivity contribution in [1.82, 2.24) is 5.32 Å². The summed E-state index contributed by atoms with van der Waals surface area (Å²) in [4.78, 5) is 11.6. The van der Waals surface area contributed by atoms with Crippen LogP contribution >= 0.6 is 0 Å². The van der Waals surface area contributed by atoms with Crippen molar-refractivity contribution in [1.29, 1.82) is 0 Å². The Morgan fingerprint density at radius 2 is 1.35 bits per heavy atom. The molecule has 1 rings (SSSR count). The predicted octanol–water partition coefficient (Wildman–Crippen LogP) is 1.15. The highest BCUT2D eigenvalue weighted by atomic mass is 35.5. The van der Waals surface area contributed by atoms with Crippen LogP contribution < -0.4 is 27.8 Å². The van der Waals surface area contributed by atoms with E-state index in [0.29, 0.717) is 0 Å². The number of nitrogens with one attached hydrogen (secondary N) is 2. The minimum atomic E-state index is -0.146. The second-order valence-electron chi connectivity index (χ2n) is 5.83. The van der Waals surface area contributed by atoms with Crippen LogP contribution in [0.3, 0.4) is 0 Å². The summed E-state index contributed by atoms with van der Waals surface area (Å²) in [5.41, 5.74) is 2.74. The molecule has 5 heteroatoms. The fraction of sp³-hybridized carbons (Fsp3) is 0.667. The number of halogens is 1. The number of unbranched alkanes of at least 4 members (excludes halogenated alkanes) is 9. The van der Waals surface area contributed by atoms with E-state index in [1.54, 1.807) is 17.1 Å². The molecule has 0 aromatic carbocycles. The average Bonchev–Trinajstić information content (AvgIpc) is 2.53. The molecule has 0 aliphatic heterocycles. The Bertz CT molecular complexity index is 387. The Hall–Kier alpha value is -1.29. The van der Waals surface area contributed by atoms with Crippen molar-refractivity contribution in [2.45, 2.75) is 71.1 Å². The normalized spacial score (nSPS) is 9.96. The van der Waals surface area contributed by atoms with Gasteiger partial charge in [0, 0.05) is 18.7 Å². The summed E-state index contributed by atoms with van der Waals surface area (Å²) >= 11 is 0. The summed E-state index contributed by atoms with van der Waals surface area (Å²) in [5.74, 6) is 0. The summed E-state index contributed by atoms with van der Waals surface area (Å²) in [6.45, 7) is 3.00. The molecule has 0 aliphatic rings. The summed E-state index contributed by atoms with van der Waals surface area (Å²) in [6.07, 6.45) is 16.7. The van der Waals surface area contributed by atoms with Gasteiger partial charge >= 0.3 is 6.03 Å². The summed E-state index contributed by atoms with van der Waals surface area (Å²) in [6, 6.07) is 5.53. The number of amides is 2. The highest BCUT2D eigenvalue weighted by molar-refractivity contribution is 5.79. The van der Waals surface area contributed by atoms with Crippen LogP contribution in [0.1, 0.15) is 71.1 Å². The van der Waals surface area contributed by atoms with Crippen LogP contribution in [-0.2, 0) is 0 Å². The van der Waals surface area contributed by atoms with Gasteiger partial charge in [0.2, 0.25) is 0 Å². The number of rotatable bonds is 12. The second-order valence-corrected chi connectivity index (χ2v) is 5.83. The van der Waals surface area contributed by atoms with Crippen LogP contribution in [0.15, 0.2) is 30.6 Å². The average molecular weight is 342 g/mol. The Balaban J connectivity index is 0.00000484. The minimum Gasteiger partial charge on any atom is -1.00 e. The lowest BCUT2D eigenvalue weighted by atomic mass is 10.1. The van der Waals surface area contributed by atoms with Gasteiger partial charge in [-0.05, 0) is 6.42 Å². The predicted molar refractivity (Wildman–Crippen MR) is 91.2 cm³/mol. The van der Waals surface area contributed by atoms with E-state index in [1.165, 1.54) is 57.8 Å². The summed E-state index contributed by atoms with van der Waals surface area (Å²) in [5, 5.41) is 2.89. The van der Waals surface area contributed by atoms with E-state index in [1.807, 2.05) is 18.2 Å². The van der Waals surface area contributed by atoms with Gasteiger partial charge in [-0.1, -0.05) is 75.5 Å². The molecule has 0 atom stereocenters. The molecule has 2 N–H and O–H groups in total. The lowest BCUT2D eigenvalue weighted by Gasteiger charge is -2.04. The lowest BCUT2D eigenvalue weighted by Crippen LogP contribution is -3.00. The van der Waals surface area contributed by atoms with Crippen molar-refractivity contribution < 1.29 is 21.9 Å². The van der Waals surface area contributed by atoms with Gasteiger partial charge in [-0.3, -0.25) is 0 Å². The smallest absolute Gasteiger partial charge is 0.368 e. The third kappa shape index (κ3) is 12.9. The second kappa shape index (κ2) is 15.6. The van der Waals surface area contributed by atoms with E-state index < -0.39 is 0 Å². The van der Waals surface area contributed by atoms with Gasteiger partial charge in [0.25, 0.3) is 0 Å². The number of carbonyl (C=O) groups excluding carboxylic acids is 1. The quantitative estimate of drug-likeness (QED) is 0.435. The number of hydrogen-bond donors (Lipinski definition) is 2. The Morgan fingerprint density at radius 1 is 0.826 bits per heavy atom. The topological polar surface area (TPSA) is 45.0 Å². The van der Waals surface area contributed by atoms with Gasteiger partial charge in [0.15, 0.2) is 12.4 Å². The van der Waals surface area contributed by atoms with Gasteiger partial charge in [0.05, 0.1) is 0 Å². The van der Waals surface area contributed by atoms with Crippen molar-refractivity contribution in [2.24, 2.45) is 0 Å². The van der Waals surface area contributed by atoms with Gasteiger partial charge < -0.3 is 17.7 Å². The minimum absolute atomic E-state index is 0. The molecular weight excluding hydrogens is 310 g/mol. The van der Waals surface area contributed by atoms with E-state index >= 15 is 0 Å². The molecule has 4 nitrogen and oxygen atoms in total. The van der Waals surface area contributed by atoms with Crippen LogP contribution in [-0.4, -0.2) is 12.6 Å². The largest absolute Gasteiger partial charge is 1.00 e. The molecule has 0 spiro atoms. The zero-order chi connectivity index (χ0) is 15.9. The van der Waals surface area contributed by atoms with E-state index in [-0.39, 0.29) is 18.4 Å². The molecule has 0 unspecified atom stereocenters. The zero-order valence-corrected chi connectivity index (χ0v) is 15.2. The maximum absolute atomic E-state index is 11.6. The van der Waals surface area contributed by atoms with E-state index in [9.17, 15) is 4.79 Å². The van der Waals surface area contributed by atoms with Crippen molar-refractivity contribution in [2.75, 3.05) is 12.0 Å².